The van der Waals surface area contributed by atoms with Crippen molar-refractivity contribution in [2.24, 2.45) is 20.5 Å². The van der Waals surface area contributed by atoms with Crippen LogP contribution in [0.3, 0.4) is 0 Å². The van der Waals surface area contributed by atoms with Crippen LogP contribution in [0.2, 0.25) is 0 Å². The number of carbonyl (C=O) groups is 2. The van der Waals surface area contributed by atoms with Gasteiger partial charge in [-0.15, -0.1) is 0 Å². The van der Waals surface area contributed by atoms with Gasteiger partial charge in [-0.3, -0.25) is 0 Å². The van der Waals surface area contributed by atoms with Crippen molar-refractivity contribution in [3.63, 3.8) is 0 Å². The predicted octanol–water partition coefficient (Wildman–Crippen LogP) is 7.76. The zero-order chi connectivity index (χ0) is 40.7. The molecule has 1 aliphatic rings. The first-order valence-electron chi connectivity index (χ1n) is 17.7. The van der Waals surface area contributed by atoms with Gasteiger partial charge in [-0.1, -0.05) is 6.07 Å². The van der Waals surface area contributed by atoms with E-state index in [1.807, 2.05) is 47.4 Å². The highest BCUT2D eigenvalue weighted by Crippen LogP contribution is 2.28. The second kappa shape index (κ2) is 20.4. The summed E-state index contributed by atoms with van der Waals surface area (Å²) in [4.78, 5) is 60.0. The Bertz CT molecular complexity index is 2170. The summed E-state index contributed by atoms with van der Waals surface area (Å²) in [6, 6.07) is 24.2. The van der Waals surface area contributed by atoms with Gasteiger partial charge < -0.3 is 29.7 Å². The van der Waals surface area contributed by atoms with E-state index < -0.39 is 11.9 Å². The number of methoxy groups -OCH3 is 2. The van der Waals surface area contributed by atoms with Crippen LogP contribution < -0.4 is 15.5 Å². The van der Waals surface area contributed by atoms with Crippen molar-refractivity contribution in [1.29, 1.82) is 0 Å². The van der Waals surface area contributed by atoms with Gasteiger partial charge in [-0.05, 0) is 90.0 Å². The largest absolute Gasteiger partial charge is 0.465 e. The molecule has 1 aliphatic heterocycles. The van der Waals surface area contributed by atoms with E-state index in [1.54, 1.807) is 24.3 Å². The predicted molar refractivity (Wildman–Crippen MR) is 210 cm³/mol. The second-order valence-electron chi connectivity index (χ2n) is 12.2. The number of azo groups is 2. The molecular formula is C39H40N10O9. The summed E-state index contributed by atoms with van der Waals surface area (Å²) in [6.45, 7) is 2.79. The molecule has 4 aromatic carbocycles. The highest BCUT2D eigenvalue weighted by atomic mass is 17.2. The fraction of sp³-hybridized carbons (Fsp3) is 0.256. The average molecular weight is 793 g/mol. The number of benzene rings is 4. The molecule has 6 rings (SSSR count). The molecule has 0 radical (unpaired) electrons. The Kier molecular flexibility index (Phi) is 14.4. The van der Waals surface area contributed by atoms with Crippen LogP contribution in [0, 0.1) is 0 Å². The normalized spacial score (nSPS) is 12.9. The third-order valence-corrected chi connectivity index (χ3v) is 8.21. The Morgan fingerprint density at radius 2 is 1.05 bits per heavy atom. The molecule has 0 spiro atoms. The van der Waals surface area contributed by atoms with Crippen LogP contribution in [0.5, 0.6) is 0 Å². The van der Waals surface area contributed by atoms with E-state index in [9.17, 15) is 9.59 Å². The lowest BCUT2D eigenvalue weighted by Gasteiger charge is -2.27. The standard InChI is InChI=1S/C39H40N10O9/c1-52-35(50)27-20-28(36(51)53-2)22-34(21-27)48-46-32-11-7-30(8-12-32)41-38-42-37(43-39(44-38)49-13-15-56-16-14-49)40-29-5-9-31(10-6-29)45-47-33-18-25(23-57-54-3)17-26(19-33)24-58-55-4/h5-12,17-22H,13-16,23-24H2,1-4H3,(H2,40,41,42,43,44). The van der Waals surface area contributed by atoms with Crippen molar-refractivity contribution < 1.29 is 43.3 Å². The summed E-state index contributed by atoms with van der Waals surface area (Å²) in [5.41, 5.74) is 5.32. The Morgan fingerprint density at radius 1 is 0.603 bits per heavy atom. The molecule has 0 saturated carbocycles. The molecule has 5 aromatic rings. The van der Waals surface area contributed by atoms with E-state index in [0.717, 1.165) is 11.1 Å². The third-order valence-electron chi connectivity index (χ3n) is 8.21. The van der Waals surface area contributed by atoms with Gasteiger partial charge in [0.15, 0.2) is 0 Å². The van der Waals surface area contributed by atoms with Crippen molar-refractivity contribution >= 4 is 63.9 Å². The summed E-state index contributed by atoms with van der Waals surface area (Å²) in [5, 5.41) is 23.8. The smallest absolute Gasteiger partial charge is 0.337 e. The monoisotopic (exact) mass is 792 g/mol. The Hall–Kier alpha value is -6.77. The summed E-state index contributed by atoms with van der Waals surface area (Å²) in [6.07, 6.45) is 0. The Labute approximate surface area is 332 Å². The summed E-state index contributed by atoms with van der Waals surface area (Å²) in [7, 11) is 5.38. The van der Waals surface area contributed by atoms with E-state index in [1.165, 1.54) is 46.6 Å². The van der Waals surface area contributed by atoms with Gasteiger partial charge in [-0.2, -0.15) is 35.4 Å². The van der Waals surface area contributed by atoms with Gasteiger partial charge >= 0.3 is 11.9 Å². The number of anilines is 5. The zero-order valence-corrected chi connectivity index (χ0v) is 32.1. The van der Waals surface area contributed by atoms with E-state index in [-0.39, 0.29) is 30.0 Å². The maximum Gasteiger partial charge on any atom is 0.337 e. The number of rotatable bonds is 17. The molecule has 0 bridgehead atoms. The first-order valence-corrected chi connectivity index (χ1v) is 17.7. The number of ether oxygens (including phenoxy) is 3. The van der Waals surface area contributed by atoms with E-state index >= 15 is 0 Å². The minimum Gasteiger partial charge on any atom is -0.465 e. The van der Waals surface area contributed by atoms with E-state index in [2.05, 4.69) is 41.1 Å². The fourth-order valence-electron chi connectivity index (χ4n) is 5.46. The van der Waals surface area contributed by atoms with Crippen molar-refractivity contribution in [1.82, 2.24) is 15.0 Å². The van der Waals surface area contributed by atoms with Gasteiger partial charge in [0.1, 0.15) is 13.2 Å². The Morgan fingerprint density at radius 3 is 1.50 bits per heavy atom. The van der Waals surface area contributed by atoms with Crippen molar-refractivity contribution in [3.05, 3.63) is 107 Å². The fourth-order valence-corrected chi connectivity index (χ4v) is 5.46. The maximum absolute atomic E-state index is 12.2. The first kappa shape index (κ1) is 40.9. The lowest BCUT2D eigenvalue weighted by molar-refractivity contribution is -0.283. The molecule has 300 valence electrons. The van der Waals surface area contributed by atoms with Crippen LogP contribution in [-0.4, -0.2) is 81.6 Å². The molecule has 0 unspecified atom stereocenters. The first-order chi connectivity index (χ1) is 28.3. The topological polar surface area (TPSA) is 214 Å². The molecule has 0 atom stereocenters. The highest BCUT2D eigenvalue weighted by Gasteiger charge is 2.18. The summed E-state index contributed by atoms with van der Waals surface area (Å²) < 4.78 is 15.1. The molecule has 2 heterocycles. The van der Waals surface area contributed by atoms with Crippen LogP contribution in [0.15, 0.2) is 105 Å². The molecule has 1 saturated heterocycles. The lowest BCUT2D eigenvalue weighted by Crippen LogP contribution is -2.37. The quantitative estimate of drug-likeness (QED) is 0.0398. The van der Waals surface area contributed by atoms with E-state index in [0.29, 0.717) is 72.6 Å². The number of nitrogens with zero attached hydrogens (tertiary/aromatic N) is 8. The second-order valence-corrected chi connectivity index (χ2v) is 12.2. The number of morpholine rings is 1. The van der Waals surface area contributed by atoms with Crippen molar-refractivity contribution in [3.8, 4) is 0 Å². The van der Waals surface area contributed by atoms with Crippen LogP contribution in [0.1, 0.15) is 31.8 Å². The van der Waals surface area contributed by atoms with Gasteiger partial charge in [-0.25, -0.2) is 29.1 Å². The van der Waals surface area contributed by atoms with Gasteiger partial charge in [0.2, 0.25) is 17.8 Å². The number of hydrogen-bond acceptors (Lipinski definition) is 19. The molecule has 19 nitrogen and oxygen atoms in total. The number of aromatic nitrogens is 3. The molecule has 19 heteroatoms. The third kappa shape index (κ3) is 11.6. The summed E-state index contributed by atoms with van der Waals surface area (Å²) >= 11 is 0. The van der Waals surface area contributed by atoms with Crippen molar-refractivity contribution in [2.75, 3.05) is 70.3 Å². The maximum atomic E-state index is 12.2. The molecule has 0 amide bonds. The highest BCUT2D eigenvalue weighted by molar-refractivity contribution is 5.96. The number of carbonyl (C=O) groups excluding carboxylic acids is 2. The number of hydrogen-bond donors (Lipinski definition) is 2. The van der Waals surface area contributed by atoms with Crippen LogP contribution in [0.25, 0.3) is 0 Å². The van der Waals surface area contributed by atoms with Crippen LogP contribution in [-0.2, 0) is 47.0 Å². The lowest BCUT2D eigenvalue weighted by atomic mass is 10.1. The number of nitrogens with one attached hydrogen (secondary N) is 2. The van der Waals surface area contributed by atoms with Crippen molar-refractivity contribution in [2.45, 2.75) is 13.2 Å². The summed E-state index contributed by atoms with van der Waals surface area (Å²) in [5.74, 6) is -0.142. The Balaban J connectivity index is 1.16. The van der Waals surface area contributed by atoms with Crippen LogP contribution in [0.4, 0.5) is 52.0 Å². The van der Waals surface area contributed by atoms with Gasteiger partial charge in [0, 0.05) is 24.5 Å². The van der Waals surface area contributed by atoms with Crippen LogP contribution >= 0.6 is 0 Å². The molecule has 1 aromatic heterocycles. The minimum atomic E-state index is -0.625. The van der Waals surface area contributed by atoms with E-state index in [4.69, 9.17) is 38.7 Å². The molecular weight excluding hydrogens is 752 g/mol. The SMILES string of the molecule is COOCc1cc(COOC)cc(N=Nc2ccc(Nc3nc(Nc4ccc(N=Nc5cc(C(=O)OC)cc(C(=O)OC)c5)cc4)nc(N4CCOCC4)n3)cc2)c1. The molecule has 1 fully saturated rings. The molecule has 2 N–H and O–H groups in total. The van der Waals surface area contributed by atoms with Gasteiger partial charge in [0.25, 0.3) is 0 Å². The zero-order valence-electron chi connectivity index (χ0n) is 32.1. The van der Waals surface area contributed by atoms with Gasteiger partial charge in [0.05, 0.1) is 75.5 Å². The minimum absolute atomic E-state index is 0.137. The molecule has 58 heavy (non-hydrogen) atoms. The number of esters is 2. The molecule has 0 aliphatic carbocycles. The average Bonchev–Trinajstić information content (AvgIpc) is 3.26.